The number of halogens is 1. The summed E-state index contributed by atoms with van der Waals surface area (Å²) < 4.78 is 20.1. The summed E-state index contributed by atoms with van der Waals surface area (Å²) >= 11 is 0. The van der Waals surface area contributed by atoms with Gasteiger partial charge in [-0.25, -0.2) is 9.07 Å². The summed E-state index contributed by atoms with van der Waals surface area (Å²) in [6.07, 6.45) is -0.127. The molecule has 0 spiro atoms. The van der Waals surface area contributed by atoms with Crippen LogP contribution in [0.2, 0.25) is 0 Å². The molecule has 0 fully saturated rings. The van der Waals surface area contributed by atoms with Crippen LogP contribution in [-0.4, -0.2) is 28.7 Å². The smallest absolute Gasteiger partial charge is 0.251 e. The predicted molar refractivity (Wildman–Crippen MR) is 106 cm³/mol. The molecule has 7 nitrogen and oxygen atoms in total. The van der Waals surface area contributed by atoms with E-state index in [2.05, 4.69) is 15.7 Å². The zero-order chi connectivity index (χ0) is 20.4. The van der Waals surface area contributed by atoms with Crippen molar-refractivity contribution in [3.8, 4) is 11.1 Å². The van der Waals surface area contributed by atoms with Gasteiger partial charge in [-0.1, -0.05) is 36.4 Å². The van der Waals surface area contributed by atoms with Crippen molar-refractivity contribution in [3.63, 3.8) is 0 Å². The third-order valence-electron chi connectivity index (χ3n) is 4.65. The highest BCUT2D eigenvalue weighted by atomic mass is 19.1. The van der Waals surface area contributed by atoms with Gasteiger partial charge in [0.05, 0.1) is 18.7 Å². The van der Waals surface area contributed by atoms with Gasteiger partial charge in [-0.05, 0) is 23.8 Å². The number of benzene rings is 2. The number of aromatic nitrogens is 2. The average molecular weight is 394 g/mol. The first-order chi connectivity index (χ1) is 14.1. The summed E-state index contributed by atoms with van der Waals surface area (Å²) in [5.41, 5.74) is 2.67. The molecule has 2 heterocycles. The molecule has 1 unspecified atom stereocenters. The first kappa shape index (κ1) is 18.8. The molecule has 2 aromatic carbocycles. The normalized spacial score (nSPS) is 15.1. The molecule has 3 aromatic rings. The minimum absolute atomic E-state index is 0.127. The van der Waals surface area contributed by atoms with Crippen LogP contribution in [0.25, 0.3) is 11.1 Å². The number of fused-ring (bicyclic) bond motifs is 1. The van der Waals surface area contributed by atoms with E-state index in [0.717, 1.165) is 11.1 Å². The summed E-state index contributed by atoms with van der Waals surface area (Å²) in [4.78, 5) is 25.0. The number of rotatable bonds is 6. The molecule has 1 aliphatic heterocycles. The predicted octanol–water partition coefficient (Wildman–Crippen LogP) is 3.36. The SMILES string of the molecule is COCc1nn2c(c1-c1ccccc1)NC(=O)C2CC(=O)Nc1cccc(F)c1. The minimum Gasteiger partial charge on any atom is -0.378 e. The molecule has 1 aromatic heterocycles. The Kier molecular flexibility index (Phi) is 5.09. The van der Waals surface area contributed by atoms with E-state index in [0.29, 0.717) is 17.2 Å². The molecular weight excluding hydrogens is 375 g/mol. The Balaban J connectivity index is 1.62. The first-order valence-electron chi connectivity index (χ1n) is 9.09. The van der Waals surface area contributed by atoms with Crippen LogP contribution >= 0.6 is 0 Å². The van der Waals surface area contributed by atoms with Crippen LogP contribution in [0.4, 0.5) is 15.9 Å². The number of anilines is 2. The van der Waals surface area contributed by atoms with Gasteiger partial charge in [-0.15, -0.1) is 0 Å². The molecule has 0 radical (unpaired) electrons. The zero-order valence-electron chi connectivity index (χ0n) is 15.7. The van der Waals surface area contributed by atoms with Crippen LogP contribution in [0.3, 0.4) is 0 Å². The molecule has 8 heteroatoms. The maximum Gasteiger partial charge on any atom is 0.251 e. The molecular formula is C21H19FN4O3. The fraction of sp³-hybridized carbons (Fsp3) is 0.190. The quantitative estimate of drug-likeness (QED) is 0.671. The second-order valence-corrected chi connectivity index (χ2v) is 6.68. The van der Waals surface area contributed by atoms with Crippen molar-refractivity contribution < 1.29 is 18.7 Å². The van der Waals surface area contributed by atoms with Crippen LogP contribution in [0.1, 0.15) is 18.2 Å². The van der Waals surface area contributed by atoms with Crippen molar-refractivity contribution in [2.75, 3.05) is 17.7 Å². The number of hydrogen-bond donors (Lipinski definition) is 2. The first-order valence-corrected chi connectivity index (χ1v) is 9.09. The third-order valence-corrected chi connectivity index (χ3v) is 4.65. The van der Waals surface area contributed by atoms with Gasteiger partial charge in [0.15, 0.2) is 0 Å². The highest BCUT2D eigenvalue weighted by molar-refractivity contribution is 6.04. The van der Waals surface area contributed by atoms with E-state index in [1.165, 1.54) is 22.9 Å². The Hall–Kier alpha value is -3.52. The lowest BCUT2D eigenvalue weighted by Crippen LogP contribution is -2.24. The Morgan fingerprint density at radius 2 is 2.03 bits per heavy atom. The largest absolute Gasteiger partial charge is 0.378 e. The number of carbonyl (C=O) groups excluding carboxylic acids is 2. The molecule has 1 atom stereocenters. The molecule has 1 aliphatic rings. The van der Waals surface area contributed by atoms with E-state index in [1.807, 2.05) is 30.3 Å². The summed E-state index contributed by atoms with van der Waals surface area (Å²) in [5, 5.41) is 9.98. The Morgan fingerprint density at radius 3 is 2.76 bits per heavy atom. The Labute approximate surface area is 166 Å². The number of nitrogens with zero attached hydrogens (tertiary/aromatic N) is 2. The summed E-state index contributed by atoms with van der Waals surface area (Å²) in [7, 11) is 1.57. The minimum atomic E-state index is -0.799. The number of hydrogen-bond acceptors (Lipinski definition) is 4. The van der Waals surface area contributed by atoms with E-state index in [-0.39, 0.29) is 18.9 Å². The monoisotopic (exact) mass is 394 g/mol. The van der Waals surface area contributed by atoms with Gasteiger partial charge >= 0.3 is 0 Å². The maximum atomic E-state index is 13.3. The molecule has 29 heavy (non-hydrogen) atoms. The Morgan fingerprint density at radius 1 is 1.24 bits per heavy atom. The van der Waals surface area contributed by atoms with Crippen molar-refractivity contribution in [3.05, 3.63) is 66.1 Å². The fourth-order valence-electron chi connectivity index (χ4n) is 3.42. The molecule has 0 saturated carbocycles. The lowest BCUT2D eigenvalue weighted by Gasteiger charge is -2.10. The number of methoxy groups -OCH3 is 1. The fourth-order valence-corrected chi connectivity index (χ4v) is 3.42. The highest BCUT2D eigenvalue weighted by Gasteiger charge is 2.37. The van der Waals surface area contributed by atoms with Gasteiger partial charge in [0.1, 0.15) is 17.7 Å². The standard InChI is InChI=1S/C21H19FN4O3/c1-29-12-16-19(13-6-3-2-4-7-13)20-24-21(28)17(26(20)25-16)11-18(27)23-15-9-5-8-14(22)10-15/h2-10,17H,11-12H2,1H3,(H,23,27)(H,24,28). The van der Waals surface area contributed by atoms with Gasteiger partial charge < -0.3 is 15.4 Å². The zero-order valence-corrected chi connectivity index (χ0v) is 15.7. The molecule has 2 N–H and O–H groups in total. The molecule has 148 valence electrons. The van der Waals surface area contributed by atoms with Crippen molar-refractivity contribution in [2.24, 2.45) is 0 Å². The van der Waals surface area contributed by atoms with E-state index in [4.69, 9.17) is 4.74 Å². The third kappa shape index (κ3) is 3.74. The molecule has 2 amide bonds. The number of nitrogens with one attached hydrogen (secondary N) is 2. The maximum absolute atomic E-state index is 13.3. The summed E-state index contributed by atoms with van der Waals surface area (Å²) in [6.45, 7) is 0.266. The highest BCUT2D eigenvalue weighted by Crippen LogP contribution is 2.38. The second-order valence-electron chi connectivity index (χ2n) is 6.68. The van der Waals surface area contributed by atoms with Crippen molar-refractivity contribution >= 4 is 23.3 Å². The van der Waals surface area contributed by atoms with Crippen LogP contribution in [0.15, 0.2) is 54.6 Å². The van der Waals surface area contributed by atoms with E-state index in [1.54, 1.807) is 13.2 Å². The molecule has 0 bridgehead atoms. The number of amides is 2. The van der Waals surface area contributed by atoms with Crippen LogP contribution in [0.5, 0.6) is 0 Å². The van der Waals surface area contributed by atoms with Gasteiger partial charge in [0, 0.05) is 18.4 Å². The summed E-state index contributed by atoms with van der Waals surface area (Å²) in [6, 6.07) is 14.3. The van der Waals surface area contributed by atoms with E-state index in [9.17, 15) is 14.0 Å². The van der Waals surface area contributed by atoms with E-state index < -0.39 is 17.8 Å². The number of ether oxygens (including phenoxy) is 1. The van der Waals surface area contributed by atoms with Gasteiger partial charge in [0.2, 0.25) is 5.91 Å². The van der Waals surface area contributed by atoms with E-state index >= 15 is 0 Å². The lowest BCUT2D eigenvalue weighted by molar-refractivity contribution is -0.123. The topological polar surface area (TPSA) is 85.2 Å². The average Bonchev–Trinajstić information content (AvgIpc) is 3.18. The number of carbonyl (C=O) groups is 2. The van der Waals surface area contributed by atoms with Crippen molar-refractivity contribution in [2.45, 2.75) is 19.1 Å². The second kappa shape index (κ2) is 7.84. The van der Waals surface area contributed by atoms with Crippen LogP contribution in [-0.2, 0) is 20.9 Å². The van der Waals surface area contributed by atoms with Crippen molar-refractivity contribution in [1.29, 1.82) is 0 Å². The molecule has 4 rings (SSSR count). The van der Waals surface area contributed by atoms with Gasteiger partial charge in [-0.3, -0.25) is 9.59 Å². The van der Waals surface area contributed by atoms with Crippen LogP contribution < -0.4 is 10.6 Å². The molecule has 0 aliphatic carbocycles. The lowest BCUT2D eigenvalue weighted by atomic mass is 10.1. The van der Waals surface area contributed by atoms with Gasteiger partial charge in [-0.2, -0.15) is 5.10 Å². The van der Waals surface area contributed by atoms with Gasteiger partial charge in [0.25, 0.3) is 5.91 Å². The molecule has 0 saturated heterocycles. The van der Waals surface area contributed by atoms with Crippen LogP contribution in [0, 0.1) is 5.82 Å². The van der Waals surface area contributed by atoms with Crippen molar-refractivity contribution in [1.82, 2.24) is 9.78 Å². The summed E-state index contributed by atoms with van der Waals surface area (Å²) in [5.74, 6) is -0.638. The Bertz CT molecular complexity index is 1070.